The standard InChI is InChI=1S/C15H14Cl3N7O2/c1-27-14-23-12(20-7-10-5-3-2-4-6-10)22-13(24-14)25(8-19)11(21-9-26)15(16,17)18/h2-6,9,11H,7H2,1H3,(H,21,26)(H,20,22,23,24)/t11-/m0/s1. The number of hydrogen-bond acceptors (Lipinski definition) is 8. The average molecular weight is 431 g/mol. The summed E-state index contributed by atoms with van der Waals surface area (Å²) in [5, 5.41) is 14.7. The Morgan fingerprint density at radius 2 is 2.00 bits per heavy atom. The number of nitrogens with one attached hydrogen (secondary N) is 2. The van der Waals surface area contributed by atoms with Crippen molar-refractivity contribution in [2.75, 3.05) is 17.3 Å². The molecule has 9 nitrogen and oxygen atoms in total. The Morgan fingerprint density at radius 3 is 2.56 bits per heavy atom. The van der Waals surface area contributed by atoms with Crippen LogP contribution < -0.4 is 20.3 Å². The highest BCUT2D eigenvalue weighted by Crippen LogP contribution is 2.33. The van der Waals surface area contributed by atoms with Gasteiger partial charge in [-0.25, -0.2) is 4.90 Å². The van der Waals surface area contributed by atoms with Gasteiger partial charge in [0.15, 0.2) is 12.4 Å². The highest BCUT2D eigenvalue weighted by atomic mass is 35.6. The number of hydrogen-bond donors (Lipinski definition) is 2. The number of methoxy groups -OCH3 is 1. The van der Waals surface area contributed by atoms with E-state index >= 15 is 0 Å². The lowest BCUT2D eigenvalue weighted by molar-refractivity contribution is -0.110. The fraction of sp³-hybridized carbons (Fsp3) is 0.267. The number of nitriles is 1. The first kappa shape index (κ1) is 20.8. The van der Waals surface area contributed by atoms with E-state index in [0.717, 1.165) is 10.5 Å². The van der Waals surface area contributed by atoms with Crippen LogP contribution in [0.25, 0.3) is 0 Å². The van der Waals surface area contributed by atoms with Crippen LogP contribution in [-0.2, 0) is 11.3 Å². The van der Waals surface area contributed by atoms with Crippen molar-refractivity contribution in [3.8, 4) is 12.2 Å². The molecule has 0 aliphatic rings. The minimum Gasteiger partial charge on any atom is -0.467 e. The molecule has 2 aromatic rings. The van der Waals surface area contributed by atoms with Crippen LogP contribution in [-0.4, -0.2) is 38.4 Å². The Labute approximate surface area is 170 Å². The molecule has 0 spiro atoms. The lowest BCUT2D eigenvalue weighted by Gasteiger charge is -2.29. The molecule has 0 bridgehead atoms. The van der Waals surface area contributed by atoms with Crippen molar-refractivity contribution in [1.82, 2.24) is 20.3 Å². The molecular formula is C15H14Cl3N7O2. The first-order valence-corrected chi connectivity index (χ1v) is 8.55. The summed E-state index contributed by atoms with van der Waals surface area (Å²) < 4.78 is 3.01. The van der Waals surface area contributed by atoms with Gasteiger partial charge < -0.3 is 15.4 Å². The van der Waals surface area contributed by atoms with Crippen molar-refractivity contribution >= 4 is 53.1 Å². The second-order valence-electron chi connectivity index (χ2n) is 4.98. The smallest absolute Gasteiger partial charge is 0.322 e. The summed E-state index contributed by atoms with van der Waals surface area (Å²) >= 11 is 17.6. The van der Waals surface area contributed by atoms with Crippen LogP contribution in [0.1, 0.15) is 5.56 Å². The van der Waals surface area contributed by atoms with Gasteiger partial charge in [-0.05, 0) is 5.56 Å². The Balaban J connectivity index is 2.34. The summed E-state index contributed by atoms with van der Waals surface area (Å²) in [5.74, 6) is -0.0410. The van der Waals surface area contributed by atoms with E-state index in [2.05, 4.69) is 25.6 Å². The molecule has 27 heavy (non-hydrogen) atoms. The van der Waals surface area contributed by atoms with Gasteiger partial charge in [0.2, 0.25) is 22.1 Å². The summed E-state index contributed by atoms with van der Waals surface area (Å²) in [6, 6.07) is 9.45. The Kier molecular flexibility index (Phi) is 7.24. The maximum Gasteiger partial charge on any atom is 0.322 e. The lowest BCUT2D eigenvalue weighted by atomic mass is 10.2. The number of rotatable bonds is 8. The molecule has 1 atom stereocenters. The van der Waals surface area contributed by atoms with Gasteiger partial charge in [0.1, 0.15) is 0 Å². The van der Waals surface area contributed by atoms with E-state index in [1.807, 2.05) is 30.3 Å². The number of alkyl halides is 3. The summed E-state index contributed by atoms with van der Waals surface area (Å²) in [5.41, 5.74) is 0.984. The van der Waals surface area contributed by atoms with Gasteiger partial charge in [0.05, 0.1) is 7.11 Å². The minimum absolute atomic E-state index is 0.0648. The predicted molar refractivity (Wildman–Crippen MR) is 102 cm³/mol. The summed E-state index contributed by atoms with van der Waals surface area (Å²) in [6.45, 7) is 0.417. The van der Waals surface area contributed by atoms with Crippen LogP contribution in [0.2, 0.25) is 0 Å². The van der Waals surface area contributed by atoms with E-state index < -0.39 is 9.96 Å². The molecule has 142 valence electrons. The van der Waals surface area contributed by atoms with Crippen molar-refractivity contribution in [2.24, 2.45) is 0 Å². The van der Waals surface area contributed by atoms with E-state index in [-0.39, 0.29) is 17.9 Å². The Morgan fingerprint density at radius 1 is 1.30 bits per heavy atom. The molecule has 2 N–H and O–H groups in total. The SMILES string of the molecule is COc1nc(NCc2ccccc2)nc(N(C#N)[C@H](NC=O)C(Cl)(Cl)Cl)n1. The number of nitrogens with zero attached hydrogens (tertiary/aromatic N) is 5. The molecule has 1 aromatic heterocycles. The maximum absolute atomic E-state index is 10.8. The number of halogens is 3. The largest absolute Gasteiger partial charge is 0.467 e. The molecule has 2 rings (SSSR count). The highest BCUT2D eigenvalue weighted by Gasteiger charge is 2.39. The van der Waals surface area contributed by atoms with Gasteiger partial charge in [0.25, 0.3) is 0 Å². The van der Waals surface area contributed by atoms with Crippen LogP contribution >= 0.6 is 34.8 Å². The van der Waals surface area contributed by atoms with Gasteiger partial charge in [-0.1, -0.05) is 65.1 Å². The van der Waals surface area contributed by atoms with Crippen molar-refractivity contribution in [1.29, 1.82) is 5.26 Å². The topological polar surface area (TPSA) is 116 Å². The quantitative estimate of drug-likeness (QED) is 0.215. The highest BCUT2D eigenvalue weighted by molar-refractivity contribution is 6.68. The average Bonchev–Trinajstić information content (AvgIpc) is 2.66. The van der Waals surface area contributed by atoms with Crippen LogP contribution in [0, 0.1) is 11.5 Å². The molecular weight excluding hydrogens is 417 g/mol. The number of anilines is 2. The van der Waals surface area contributed by atoms with E-state index in [0.29, 0.717) is 13.0 Å². The third kappa shape index (κ3) is 5.72. The lowest BCUT2D eigenvalue weighted by Crippen LogP contribution is -2.52. The number of carbonyl (C=O) groups is 1. The number of ether oxygens (including phenoxy) is 1. The second-order valence-corrected chi connectivity index (χ2v) is 7.35. The third-order valence-electron chi connectivity index (χ3n) is 3.20. The molecule has 0 unspecified atom stereocenters. The molecule has 0 aliphatic heterocycles. The van der Waals surface area contributed by atoms with E-state index in [1.54, 1.807) is 6.19 Å². The first-order chi connectivity index (χ1) is 12.9. The van der Waals surface area contributed by atoms with Crippen molar-refractivity contribution in [3.63, 3.8) is 0 Å². The molecule has 0 saturated carbocycles. The number of benzene rings is 1. The summed E-state index contributed by atoms with van der Waals surface area (Å²) in [4.78, 5) is 23.9. The molecule has 1 aromatic carbocycles. The molecule has 0 fully saturated rings. The van der Waals surface area contributed by atoms with Gasteiger partial charge in [0, 0.05) is 6.54 Å². The second kappa shape index (κ2) is 9.41. The predicted octanol–water partition coefficient (Wildman–Crippen LogP) is 2.22. The van der Waals surface area contributed by atoms with Crippen molar-refractivity contribution in [3.05, 3.63) is 35.9 Å². The van der Waals surface area contributed by atoms with Gasteiger partial charge in [-0.2, -0.15) is 20.2 Å². The van der Waals surface area contributed by atoms with Crippen LogP contribution in [0.4, 0.5) is 11.9 Å². The zero-order valence-corrected chi connectivity index (χ0v) is 16.2. The minimum atomic E-state index is -2.03. The molecule has 0 radical (unpaired) electrons. The molecule has 0 aliphatic carbocycles. The normalized spacial score (nSPS) is 11.8. The number of carbonyl (C=O) groups excluding carboxylic acids is 1. The van der Waals surface area contributed by atoms with Gasteiger partial charge in [-0.15, -0.1) is 0 Å². The van der Waals surface area contributed by atoms with E-state index in [4.69, 9.17) is 39.5 Å². The molecule has 1 heterocycles. The van der Waals surface area contributed by atoms with Crippen LogP contribution in [0.15, 0.2) is 30.3 Å². The number of aromatic nitrogens is 3. The summed E-state index contributed by atoms with van der Waals surface area (Å²) in [6.07, 6.45) is 0.732. The van der Waals surface area contributed by atoms with E-state index in [9.17, 15) is 10.1 Å². The third-order valence-corrected chi connectivity index (χ3v) is 3.82. The fourth-order valence-electron chi connectivity index (χ4n) is 2.00. The molecule has 1 amide bonds. The zero-order valence-electron chi connectivity index (χ0n) is 13.9. The first-order valence-electron chi connectivity index (χ1n) is 7.42. The van der Waals surface area contributed by atoms with Gasteiger partial charge >= 0.3 is 6.01 Å². The zero-order chi connectivity index (χ0) is 19.9. The van der Waals surface area contributed by atoms with Crippen molar-refractivity contribution < 1.29 is 9.53 Å². The Bertz CT molecular complexity index is 811. The van der Waals surface area contributed by atoms with Gasteiger partial charge in [-0.3, -0.25) is 4.79 Å². The van der Waals surface area contributed by atoms with E-state index in [1.165, 1.54) is 7.11 Å². The monoisotopic (exact) mass is 429 g/mol. The van der Waals surface area contributed by atoms with Crippen LogP contribution in [0.5, 0.6) is 6.01 Å². The number of amides is 1. The molecule has 12 heteroatoms. The molecule has 0 saturated heterocycles. The van der Waals surface area contributed by atoms with Crippen LogP contribution in [0.3, 0.4) is 0 Å². The summed E-state index contributed by atoms with van der Waals surface area (Å²) in [7, 11) is 1.35. The van der Waals surface area contributed by atoms with Crippen molar-refractivity contribution in [2.45, 2.75) is 16.5 Å². The Hall–Kier alpha value is -2.54. The fourth-order valence-corrected chi connectivity index (χ4v) is 2.48. The maximum atomic E-state index is 10.8.